The lowest BCUT2D eigenvalue weighted by Gasteiger charge is -2.01. The van der Waals surface area contributed by atoms with E-state index in [4.69, 9.17) is 11.6 Å². The van der Waals surface area contributed by atoms with Gasteiger partial charge >= 0.3 is 5.69 Å². The number of aromatic nitrogens is 4. The lowest BCUT2D eigenvalue weighted by atomic mass is 10.4. The standard InChI is InChI=1S/C13H13ClN4O2/c1-3-4-8-18-9(6-5-7-14)15-11-10(18)12(19)16-13(20)17(11)2/h5-6H,7-8H2,1-2H3,(H,16,19,20). The number of imidazole rings is 1. The molecule has 2 aromatic rings. The monoisotopic (exact) mass is 292 g/mol. The van der Waals surface area contributed by atoms with Crippen LogP contribution in [-0.2, 0) is 13.6 Å². The van der Waals surface area contributed by atoms with Gasteiger partial charge in [0, 0.05) is 12.9 Å². The molecule has 7 heteroatoms. The summed E-state index contributed by atoms with van der Waals surface area (Å²) in [4.78, 5) is 30.2. The molecule has 20 heavy (non-hydrogen) atoms. The number of aromatic amines is 1. The molecule has 0 radical (unpaired) electrons. The van der Waals surface area contributed by atoms with E-state index in [1.165, 1.54) is 4.57 Å². The molecule has 1 N–H and O–H groups in total. The number of hydrogen-bond acceptors (Lipinski definition) is 3. The molecule has 0 fully saturated rings. The molecule has 6 nitrogen and oxygen atoms in total. The Bertz CT molecular complexity index is 845. The molecule has 0 aromatic carbocycles. The van der Waals surface area contributed by atoms with Crippen LogP contribution in [-0.4, -0.2) is 25.0 Å². The number of fused-ring (bicyclic) bond motifs is 1. The quantitative estimate of drug-likeness (QED) is 0.668. The Labute approximate surface area is 119 Å². The highest BCUT2D eigenvalue weighted by molar-refractivity contribution is 6.19. The summed E-state index contributed by atoms with van der Waals surface area (Å²) in [6.07, 6.45) is 3.42. The zero-order chi connectivity index (χ0) is 14.7. The van der Waals surface area contributed by atoms with Crippen LogP contribution in [0.3, 0.4) is 0 Å². The average molecular weight is 293 g/mol. The van der Waals surface area contributed by atoms with Crippen molar-refractivity contribution in [3.05, 3.63) is 32.7 Å². The van der Waals surface area contributed by atoms with Crippen molar-refractivity contribution in [1.82, 2.24) is 19.1 Å². The summed E-state index contributed by atoms with van der Waals surface area (Å²) in [6.45, 7) is 2.03. The van der Waals surface area contributed by atoms with Crippen LogP contribution in [0.15, 0.2) is 15.7 Å². The van der Waals surface area contributed by atoms with Gasteiger partial charge in [-0.25, -0.2) is 9.78 Å². The van der Waals surface area contributed by atoms with Crippen LogP contribution in [0.25, 0.3) is 17.2 Å². The number of halogens is 1. The molecule has 104 valence electrons. The zero-order valence-corrected chi connectivity index (χ0v) is 11.9. The number of nitrogens with one attached hydrogen (secondary N) is 1. The first-order valence-corrected chi connectivity index (χ1v) is 6.45. The second kappa shape index (κ2) is 5.80. The molecule has 2 aromatic heterocycles. The van der Waals surface area contributed by atoms with Gasteiger partial charge in [0.1, 0.15) is 5.82 Å². The first-order chi connectivity index (χ1) is 9.60. The number of allylic oxidation sites excluding steroid dienone is 1. The summed E-state index contributed by atoms with van der Waals surface area (Å²) in [5.41, 5.74) is -0.324. The van der Waals surface area contributed by atoms with Crippen molar-refractivity contribution < 1.29 is 0 Å². The van der Waals surface area contributed by atoms with E-state index in [-0.39, 0.29) is 0 Å². The fourth-order valence-electron chi connectivity index (χ4n) is 1.85. The minimum Gasteiger partial charge on any atom is -0.307 e. The first-order valence-electron chi connectivity index (χ1n) is 5.91. The summed E-state index contributed by atoms with van der Waals surface area (Å²) in [5, 5.41) is 0. The van der Waals surface area contributed by atoms with E-state index in [1.807, 2.05) is 0 Å². The molecule has 0 unspecified atom stereocenters. The van der Waals surface area contributed by atoms with Crippen molar-refractivity contribution in [3.8, 4) is 11.8 Å². The Hall–Kier alpha value is -2.26. The first kappa shape index (κ1) is 14.2. The predicted octanol–water partition coefficient (Wildman–Crippen LogP) is 0.699. The maximum Gasteiger partial charge on any atom is 0.329 e. The molecule has 0 spiro atoms. The van der Waals surface area contributed by atoms with Gasteiger partial charge in [0.25, 0.3) is 5.56 Å². The van der Waals surface area contributed by atoms with Crippen molar-refractivity contribution in [1.29, 1.82) is 0 Å². The van der Waals surface area contributed by atoms with Crippen molar-refractivity contribution >= 4 is 28.8 Å². The van der Waals surface area contributed by atoms with Gasteiger partial charge in [-0.1, -0.05) is 12.0 Å². The van der Waals surface area contributed by atoms with Crippen LogP contribution in [0.5, 0.6) is 0 Å². The van der Waals surface area contributed by atoms with Gasteiger partial charge in [0.05, 0.1) is 6.54 Å². The maximum atomic E-state index is 12.0. The highest BCUT2D eigenvalue weighted by Gasteiger charge is 2.14. The minimum atomic E-state index is -0.499. The lowest BCUT2D eigenvalue weighted by molar-refractivity contribution is 0.822. The number of nitrogens with zero attached hydrogens (tertiary/aromatic N) is 3. The van der Waals surface area contributed by atoms with Crippen molar-refractivity contribution in [2.24, 2.45) is 7.05 Å². The molecule has 0 aliphatic rings. The summed E-state index contributed by atoms with van der Waals surface area (Å²) in [7, 11) is 1.55. The second-order valence-corrected chi connectivity index (χ2v) is 4.34. The number of hydrogen-bond donors (Lipinski definition) is 1. The highest BCUT2D eigenvalue weighted by atomic mass is 35.5. The van der Waals surface area contributed by atoms with Crippen LogP contribution in [0.1, 0.15) is 12.7 Å². The van der Waals surface area contributed by atoms with E-state index in [0.717, 1.165) is 0 Å². The third kappa shape index (κ3) is 2.40. The van der Waals surface area contributed by atoms with E-state index in [0.29, 0.717) is 29.4 Å². The Kier molecular flexibility index (Phi) is 4.11. The highest BCUT2D eigenvalue weighted by Crippen LogP contribution is 2.12. The van der Waals surface area contributed by atoms with Crippen LogP contribution >= 0.6 is 11.6 Å². The third-order valence-electron chi connectivity index (χ3n) is 2.81. The van der Waals surface area contributed by atoms with Gasteiger partial charge in [-0.2, -0.15) is 0 Å². The molecule has 2 heterocycles. The Balaban J connectivity index is 2.84. The minimum absolute atomic E-state index is 0.316. The summed E-state index contributed by atoms with van der Waals surface area (Å²) >= 11 is 5.62. The normalized spacial score (nSPS) is 10.9. The summed E-state index contributed by atoms with van der Waals surface area (Å²) < 4.78 is 2.96. The molecule has 0 aliphatic carbocycles. The van der Waals surface area contributed by atoms with Gasteiger partial charge in [-0.3, -0.25) is 14.3 Å². The molecule has 2 rings (SSSR count). The fraction of sp³-hybridized carbons (Fsp3) is 0.308. The van der Waals surface area contributed by atoms with E-state index in [2.05, 4.69) is 21.8 Å². The molecule has 0 saturated carbocycles. The molecular formula is C13H13ClN4O2. The van der Waals surface area contributed by atoms with Gasteiger partial charge in [0.2, 0.25) is 0 Å². The molecular weight excluding hydrogens is 280 g/mol. The van der Waals surface area contributed by atoms with E-state index in [9.17, 15) is 9.59 Å². The Morgan fingerprint density at radius 3 is 2.85 bits per heavy atom. The average Bonchev–Trinajstić information content (AvgIpc) is 2.79. The fourth-order valence-corrected chi connectivity index (χ4v) is 1.94. The Morgan fingerprint density at radius 2 is 2.20 bits per heavy atom. The van der Waals surface area contributed by atoms with Crippen LogP contribution in [0.2, 0.25) is 0 Å². The molecule has 0 aliphatic heterocycles. The topological polar surface area (TPSA) is 72.7 Å². The number of H-pyrrole nitrogens is 1. The third-order valence-corrected chi connectivity index (χ3v) is 2.98. The van der Waals surface area contributed by atoms with Gasteiger partial charge in [-0.15, -0.1) is 17.5 Å². The summed E-state index contributed by atoms with van der Waals surface area (Å²) in [5.74, 6) is 6.53. The predicted molar refractivity (Wildman–Crippen MR) is 78.8 cm³/mol. The van der Waals surface area contributed by atoms with Crippen LogP contribution < -0.4 is 11.2 Å². The summed E-state index contributed by atoms with van der Waals surface area (Å²) in [6, 6.07) is 0. The smallest absolute Gasteiger partial charge is 0.307 e. The molecule has 0 saturated heterocycles. The van der Waals surface area contributed by atoms with Crippen LogP contribution in [0, 0.1) is 11.8 Å². The maximum absolute atomic E-state index is 12.0. The SMILES string of the molecule is CC#CCn1c(C=CCCl)nc2c1c(=O)[nH]c(=O)n2C. The van der Waals surface area contributed by atoms with Gasteiger partial charge in [-0.05, 0) is 13.0 Å². The van der Waals surface area contributed by atoms with E-state index >= 15 is 0 Å². The lowest BCUT2D eigenvalue weighted by Crippen LogP contribution is -2.29. The molecule has 0 amide bonds. The number of alkyl halides is 1. The van der Waals surface area contributed by atoms with Crippen molar-refractivity contribution in [2.45, 2.75) is 13.5 Å². The van der Waals surface area contributed by atoms with Crippen molar-refractivity contribution in [2.75, 3.05) is 5.88 Å². The van der Waals surface area contributed by atoms with Gasteiger partial charge < -0.3 is 4.57 Å². The largest absolute Gasteiger partial charge is 0.329 e. The second-order valence-electron chi connectivity index (χ2n) is 4.03. The van der Waals surface area contributed by atoms with E-state index in [1.54, 1.807) is 30.7 Å². The van der Waals surface area contributed by atoms with E-state index < -0.39 is 11.2 Å². The molecule has 0 bridgehead atoms. The Morgan fingerprint density at radius 1 is 1.45 bits per heavy atom. The van der Waals surface area contributed by atoms with Gasteiger partial charge in [0.15, 0.2) is 11.2 Å². The number of rotatable bonds is 3. The van der Waals surface area contributed by atoms with Crippen LogP contribution in [0.4, 0.5) is 0 Å². The zero-order valence-electron chi connectivity index (χ0n) is 11.1. The van der Waals surface area contributed by atoms with Crippen molar-refractivity contribution in [3.63, 3.8) is 0 Å². The molecule has 0 atom stereocenters. The number of aryl methyl sites for hydroxylation is 1.